The monoisotopic (exact) mass is 304 g/mol. The standard InChI is InChI=1S/C12H17ClN2O3S/c1-7-4-9(13)10(14)5-12(7)19(17,18)15-6-11(16)8-2-3-8/h4-5,8,11,15-16H,2-3,6,14H2,1H3. The third-order valence-electron chi connectivity index (χ3n) is 3.23. The largest absolute Gasteiger partial charge is 0.397 e. The van der Waals surface area contributed by atoms with Crippen molar-refractivity contribution in [2.24, 2.45) is 5.92 Å². The van der Waals surface area contributed by atoms with Gasteiger partial charge < -0.3 is 10.8 Å². The Morgan fingerprint density at radius 3 is 2.74 bits per heavy atom. The summed E-state index contributed by atoms with van der Waals surface area (Å²) in [5.41, 5.74) is 6.37. The number of aliphatic hydroxyl groups excluding tert-OH is 1. The summed E-state index contributed by atoms with van der Waals surface area (Å²) in [6.07, 6.45) is 1.28. The van der Waals surface area contributed by atoms with E-state index in [9.17, 15) is 13.5 Å². The molecule has 1 aliphatic rings. The third kappa shape index (κ3) is 3.39. The van der Waals surface area contributed by atoms with Gasteiger partial charge >= 0.3 is 0 Å². The number of halogens is 1. The molecule has 1 aliphatic carbocycles. The maximum absolute atomic E-state index is 12.1. The van der Waals surface area contributed by atoms with Crippen molar-refractivity contribution in [3.8, 4) is 0 Å². The van der Waals surface area contributed by atoms with E-state index in [1.807, 2.05) is 0 Å². The van der Waals surface area contributed by atoms with Gasteiger partial charge in [-0.3, -0.25) is 0 Å². The molecule has 1 unspecified atom stereocenters. The molecule has 106 valence electrons. The smallest absolute Gasteiger partial charge is 0.240 e. The number of nitrogens with two attached hydrogens (primary N) is 1. The zero-order valence-electron chi connectivity index (χ0n) is 10.6. The normalized spacial score (nSPS) is 17.4. The molecule has 1 fully saturated rings. The highest BCUT2D eigenvalue weighted by atomic mass is 35.5. The van der Waals surface area contributed by atoms with Crippen LogP contribution in [0.5, 0.6) is 0 Å². The van der Waals surface area contributed by atoms with E-state index in [0.29, 0.717) is 10.6 Å². The van der Waals surface area contributed by atoms with Crippen LogP contribution in [-0.2, 0) is 10.0 Å². The van der Waals surface area contributed by atoms with Crippen LogP contribution in [0.3, 0.4) is 0 Å². The summed E-state index contributed by atoms with van der Waals surface area (Å²) in [7, 11) is -3.68. The number of hydrogen-bond acceptors (Lipinski definition) is 4. The lowest BCUT2D eigenvalue weighted by atomic mass is 10.2. The fourth-order valence-corrected chi connectivity index (χ4v) is 3.41. The van der Waals surface area contributed by atoms with Crippen molar-refractivity contribution >= 4 is 27.3 Å². The van der Waals surface area contributed by atoms with Crippen LogP contribution in [0.15, 0.2) is 17.0 Å². The van der Waals surface area contributed by atoms with E-state index >= 15 is 0 Å². The molecule has 4 N–H and O–H groups in total. The average Bonchev–Trinajstić information content (AvgIpc) is 3.14. The summed E-state index contributed by atoms with van der Waals surface area (Å²) in [6, 6.07) is 2.85. The van der Waals surface area contributed by atoms with Gasteiger partial charge in [0.15, 0.2) is 0 Å². The topological polar surface area (TPSA) is 92.4 Å². The predicted octanol–water partition coefficient (Wildman–Crippen LogP) is 1.28. The molecule has 5 nitrogen and oxygen atoms in total. The summed E-state index contributed by atoms with van der Waals surface area (Å²) < 4.78 is 26.7. The first kappa shape index (κ1) is 14.6. The molecule has 19 heavy (non-hydrogen) atoms. The van der Waals surface area contributed by atoms with Crippen molar-refractivity contribution in [1.82, 2.24) is 4.72 Å². The molecule has 2 rings (SSSR count). The highest BCUT2D eigenvalue weighted by Gasteiger charge is 2.30. The molecule has 0 spiro atoms. The highest BCUT2D eigenvalue weighted by molar-refractivity contribution is 7.89. The second-order valence-electron chi connectivity index (χ2n) is 4.90. The molecule has 1 atom stereocenters. The van der Waals surface area contributed by atoms with Gasteiger partial charge in [0.2, 0.25) is 10.0 Å². The van der Waals surface area contributed by atoms with Gasteiger partial charge in [-0.1, -0.05) is 11.6 Å². The molecule has 0 amide bonds. The molecule has 0 radical (unpaired) electrons. The number of aryl methyl sites for hydroxylation is 1. The summed E-state index contributed by atoms with van der Waals surface area (Å²) in [6.45, 7) is 1.67. The Kier molecular flexibility index (Phi) is 4.06. The molecular formula is C12H17ClN2O3S. The van der Waals surface area contributed by atoms with Crippen LogP contribution < -0.4 is 10.5 Å². The van der Waals surface area contributed by atoms with E-state index < -0.39 is 16.1 Å². The van der Waals surface area contributed by atoms with Gasteiger partial charge in [-0.2, -0.15) is 0 Å². The van der Waals surface area contributed by atoms with Gasteiger partial charge in [0.1, 0.15) is 0 Å². The molecule has 0 aliphatic heterocycles. The first-order valence-corrected chi connectivity index (χ1v) is 7.90. The summed E-state index contributed by atoms with van der Waals surface area (Å²) in [5.74, 6) is 0.221. The number of anilines is 1. The molecule has 7 heteroatoms. The lowest BCUT2D eigenvalue weighted by Gasteiger charge is -2.13. The number of nitrogens with one attached hydrogen (secondary N) is 1. The molecular weight excluding hydrogens is 288 g/mol. The van der Waals surface area contributed by atoms with Crippen LogP contribution in [0.4, 0.5) is 5.69 Å². The van der Waals surface area contributed by atoms with Gasteiger partial charge in [-0.15, -0.1) is 0 Å². The van der Waals surface area contributed by atoms with Crippen LogP contribution >= 0.6 is 11.6 Å². The van der Waals surface area contributed by atoms with Crippen LogP contribution in [0, 0.1) is 12.8 Å². The number of benzene rings is 1. The van der Waals surface area contributed by atoms with E-state index in [2.05, 4.69) is 4.72 Å². The molecule has 0 saturated heterocycles. The van der Waals surface area contributed by atoms with Gasteiger partial charge in [0.25, 0.3) is 0 Å². The zero-order valence-corrected chi connectivity index (χ0v) is 12.1. The first-order valence-electron chi connectivity index (χ1n) is 6.04. The molecule has 0 aromatic heterocycles. The molecule has 1 aromatic carbocycles. The summed E-state index contributed by atoms with van der Waals surface area (Å²) in [5, 5.41) is 10.0. The second-order valence-corrected chi connectivity index (χ2v) is 7.04. The van der Waals surface area contributed by atoms with Crippen molar-refractivity contribution in [3.05, 3.63) is 22.7 Å². The summed E-state index contributed by atoms with van der Waals surface area (Å²) in [4.78, 5) is 0.0948. The van der Waals surface area contributed by atoms with Crippen molar-refractivity contribution in [1.29, 1.82) is 0 Å². The van der Waals surface area contributed by atoms with Gasteiger partial charge in [-0.25, -0.2) is 13.1 Å². The van der Waals surface area contributed by atoms with Crippen molar-refractivity contribution < 1.29 is 13.5 Å². The Morgan fingerprint density at radius 2 is 2.16 bits per heavy atom. The number of aliphatic hydroxyl groups is 1. The van der Waals surface area contributed by atoms with Gasteiger partial charge in [0.05, 0.1) is 21.7 Å². The maximum atomic E-state index is 12.1. The van der Waals surface area contributed by atoms with E-state index in [-0.39, 0.29) is 23.0 Å². The number of hydrogen-bond donors (Lipinski definition) is 3. The number of rotatable bonds is 5. The van der Waals surface area contributed by atoms with Crippen molar-refractivity contribution in [3.63, 3.8) is 0 Å². The Morgan fingerprint density at radius 1 is 1.53 bits per heavy atom. The Balaban J connectivity index is 2.16. The third-order valence-corrected chi connectivity index (χ3v) is 5.13. The fraction of sp³-hybridized carbons (Fsp3) is 0.500. The van der Waals surface area contributed by atoms with E-state index in [1.165, 1.54) is 12.1 Å². The Hall–Kier alpha value is -0.820. The Bertz CT molecular complexity index is 585. The number of nitrogen functional groups attached to an aromatic ring is 1. The predicted molar refractivity (Wildman–Crippen MR) is 74.5 cm³/mol. The minimum atomic E-state index is -3.68. The first-order chi connectivity index (χ1) is 8.81. The fourth-order valence-electron chi connectivity index (χ4n) is 1.88. The molecule has 1 saturated carbocycles. The van der Waals surface area contributed by atoms with Gasteiger partial charge in [-0.05, 0) is 43.4 Å². The van der Waals surface area contributed by atoms with E-state index in [4.69, 9.17) is 17.3 Å². The van der Waals surface area contributed by atoms with E-state index in [1.54, 1.807) is 6.92 Å². The zero-order chi connectivity index (χ0) is 14.2. The van der Waals surface area contributed by atoms with Crippen LogP contribution in [0.1, 0.15) is 18.4 Å². The number of sulfonamides is 1. The summed E-state index contributed by atoms with van der Waals surface area (Å²) >= 11 is 5.83. The van der Waals surface area contributed by atoms with Crippen LogP contribution in [0.25, 0.3) is 0 Å². The van der Waals surface area contributed by atoms with Crippen LogP contribution in [-0.4, -0.2) is 26.2 Å². The highest BCUT2D eigenvalue weighted by Crippen LogP contribution is 2.32. The lowest BCUT2D eigenvalue weighted by Crippen LogP contribution is -2.33. The van der Waals surface area contributed by atoms with Gasteiger partial charge in [0, 0.05) is 6.54 Å². The quantitative estimate of drug-likeness (QED) is 0.715. The van der Waals surface area contributed by atoms with Crippen molar-refractivity contribution in [2.75, 3.05) is 12.3 Å². The molecule has 0 bridgehead atoms. The van der Waals surface area contributed by atoms with Crippen LogP contribution in [0.2, 0.25) is 5.02 Å². The maximum Gasteiger partial charge on any atom is 0.240 e. The second kappa shape index (κ2) is 5.28. The lowest BCUT2D eigenvalue weighted by molar-refractivity contribution is 0.155. The average molecular weight is 305 g/mol. The molecule has 1 aromatic rings. The minimum Gasteiger partial charge on any atom is -0.397 e. The minimum absolute atomic E-state index is 0.0228. The Labute approximate surface area is 117 Å². The van der Waals surface area contributed by atoms with Crippen molar-refractivity contribution in [2.45, 2.75) is 30.8 Å². The SMILES string of the molecule is Cc1cc(Cl)c(N)cc1S(=O)(=O)NCC(O)C1CC1. The molecule has 0 heterocycles. The van der Waals surface area contributed by atoms with E-state index in [0.717, 1.165) is 12.8 Å².